The first-order valence-corrected chi connectivity index (χ1v) is 13.7. The summed E-state index contributed by atoms with van der Waals surface area (Å²) in [6.45, 7) is 9.07. The van der Waals surface area contributed by atoms with E-state index >= 15 is 0 Å². The molecule has 0 aliphatic carbocycles. The number of aryl methyl sites for hydroxylation is 1. The first kappa shape index (κ1) is 31.3. The van der Waals surface area contributed by atoms with Gasteiger partial charge in [0.05, 0.1) is 11.0 Å². The number of H-pyrrole nitrogens is 1. The number of benzene rings is 3. The van der Waals surface area contributed by atoms with Crippen LogP contribution in [-0.4, -0.2) is 64.5 Å². The summed E-state index contributed by atoms with van der Waals surface area (Å²) in [7, 11) is 0. The Kier molecular flexibility index (Phi) is 10.2. The van der Waals surface area contributed by atoms with Crippen molar-refractivity contribution in [1.82, 2.24) is 20.2 Å². The lowest BCUT2D eigenvalue weighted by atomic mass is 10.0. The number of carbonyl (C=O) groups excluding carboxylic acids is 1. The molecule has 4 aromatic rings. The summed E-state index contributed by atoms with van der Waals surface area (Å²) in [5, 5.41) is 10.7. The van der Waals surface area contributed by atoms with Crippen molar-refractivity contribution in [2.24, 2.45) is 5.92 Å². The third-order valence-corrected chi connectivity index (χ3v) is 6.98. The number of rotatable bonds is 8. The van der Waals surface area contributed by atoms with Gasteiger partial charge in [0.1, 0.15) is 12.4 Å². The summed E-state index contributed by atoms with van der Waals surface area (Å²) in [4.78, 5) is 31.0. The molecule has 1 fully saturated rings. The van der Waals surface area contributed by atoms with E-state index in [0.717, 1.165) is 60.6 Å². The van der Waals surface area contributed by atoms with Crippen LogP contribution in [0.1, 0.15) is 17.5 Å². The number of nitrogens with zero attached hydrogens (tertiary/aromatic N) is 2. The Labute approximate surface area is 247 Å². The van der Waals surface area contributed by atoms with Gasteiger partial charge in [-0.25, -0.2) is 14.6 Å². The highest BCUT2D eigenvalue weighted by atomic mass is 19.4. The summed E-state index contributed by atoms with van der Waals surface area (Å²) in [5.74, 6) is -1.43. The molecule has 1 aliphatic rings. The van der Waals surface area contributed by atoms with E-state index in [0.29, 0.717) is 5.92 Å². The fourth-order valence-corrected chi connectivity index (χ4v) is 4.83. The predicted octanol–water partition coefficient (Wildman–Crippen LogP) is 6.57. The van der Waals surface area contributed by atoms with Gasteiger partial charge in [0.15, 0.2) is 0 Å². The molecule has 3 aromatic carbocycles. The molecular formula is C32H33F3N4O4. The quantitative estimate of drug-likeness (QED) is 0.199. The molecule has 1 unspecified atom stereocenters. The average molecular weight is 595 g/mol. The molecule has 3 N–H and O–H groups in total. The number of aliphatic carboxylic acids is 1. The molecule has 1 saturated heterocycles. The van der Waals surface area contributed by atoms with Gasteiger partial charge in [-0.05, 0) is 59.7 Å². The smallest absolute Gasteiger partial charge is 0.475 e. The largest absolute Gasteiger partial charge is 0.490 e. The van der Waals surface area contributed by atoms with Crippen molar-refractivity contribution in [2.75, 3.05) is 26.2 Å². The lowest BCUT2D eigenvalue weighted by Crippen LogP contribution is -2.31. The highest BCUT2D eigenvalue weighted by Gasteiger charge is 2.38. The number of carboxylic acids is 1. The number of alkyl halides is 3. The summed E-state index contributed by atoms with van der Waals surface area (Å²) in [6.07, 6.45) is -2.74. The second-order valence-corrected chi connectivity index (χ2v) is 10.2. The van der Waals surface area contributed by atoms with Crippen LogP contribution < -0.4 is 5.32 Å². The number of imidazole rings is 1. The maximum absolute atomic E-state index is 12.0. The highest BCUT2D eigenvalue weighted by Crippen LogP contribution is 2.28. The van der Waals surface area contributed by atoms with Crippen molar-refractivity contribution < 1.29 is 32.6 Å². The number of fused-ring (bicyclic) bond motifs is 1. The molecule has 2 heterocycles. The zero-order valence-electron chi connectivity index (χ0n) is 23.7. The molecule has 226 valence electrons. The van der Waals surface area contributed by atoms with Gasteiger partial charge in [-0.2, -0.15) is 13.2 Å². The molecule has 0 spiro atoms. The molecule has 43 heavy (non-hydrogen) atoms. The number of nitrogens with one attached hydrogen (secondary N) is 2. The number of carboxylic acid groups (broad SMARTS) is 1. The number of ether oxygens (including phenoxy) is 1. The van der Waals surface area contributed by atoms with Gasteiger partial charge < -0.3 is 25.0 Å². The van der Waals surface area contributed by atoms with Crippen LogP contribution in [0.2, 0.25) is 0 Å². The van der Waals surface area contributed by atoms with Gasteiger partial charge in [0.2, 0.25) is 0 Å². The molecule has 0 radical (unpaired) electrons. The zero-order chi connectivity index (χ0) is 31.0. The summed E-state index contributed by atoms with van der Waals surface area (Å²) in [6, 6.07) is 23.4. The van der Waals surface area contributed by atoms with Gasteiger partial charge in [-0.15, -0.1) is 0 Å². The number of halogens is 3. The molecule has 1 aliphatic heterocycles. The van der Waals surface area contributed by atoms with Crippen molar-refractivity contribution in [3.63, 3.8) is 0 Å². The van der Waals surface area contributed by atoms with Crippen molar-refractivity contribution in [3.05, 3.63) is 90.5 Å². The molecule has 11 heteroatoms. The van der Waals surface area contributed by atoms with E-state index in [2.05, 4.69) is 90.5 Å². The second kappa shape index (κ2) is 14.0. The third kappa shape index (κ3) is 8.45. The highest BCUT2D eigenvalue weighted by molar-refractivity contribution is 5.83. The van der Waals surface area contributed by atoms with Crippen LogP contribution >= 0.6 is 0 Å². The van der Waals surface area contributed by atoms with Crippen molar-refractivity contribution in [3.8, 4) is 22.5 Å². The molecule has 5 rings (SSSR count). The monoisotopic (exact) mass is 594 g/mol. The van der Waals surface area contributed by atoms with E-state index in [1.54, 1.807) is 11.0 Å². The molecule has 1 atom stereocenters. The summed E-state index contributed by atoms with van der Waals surface area (Å²) in [5.41, 5.74) is 7.90. The molecule has 1 aromatic heterocycles. The molecule has 1 amide bonds. The fourth-order valence-electron chi connectivity index (χ4n) is 4.83. The number of aromatic amines is 1. The number of para-hydroxylation sites is 1. The number of likely N-dealkylation sites (tertiary alicyclic amines) is 1. The van der Waals surface area contributed by atoms with Crippen LogP contribution in [0.15, 0.2) is 79.4 Å². The van der Waals surface area contributed by atoms with E-state index in [9.17, 15) is 18.0 Å². The van der Waals surface area contributed by atoms with Crippen LogP contribution in [0.25, 0.3) is 33.5 Å². The van der Waals surface area contributed by atoms with Gasteiger partial charge in [-0.3, -0.25) is 0 Å². The molecule has 0 saturated carbocycles. The van der Waals surface area contributed by atoms with E-state index < -0.39 is 12.1 Å². The van der Waals surface area contributed by atoms with Gasteiger partial charge in [0.25, 0.3) is 0 Å². The second-order valence-electron chi connectivity index (χ2n) is 10.2. The first-order chi connectivity index (χ1) is 20.5. The minimum Gasteiger partial charge on any atom is -0.475 e. The summed E-state index contributed by atoms with van der Waals surface area (Å²) < 4.78 is 36.9. The molecular weight excluding hydrogens is 561 g/mol. The molecule has 0 bridgehead atoms. The summed E-state index contributed by atoms with van der Waals surface area (Å²) >= 11 is 0. The molecule has 8 nitrogen and oxygen atoms in total. The number of aromatic nitrogens is 2. The van der Waals surface area contributed by atoms with Crippen molar-refractivity contribution >= 4 is 23.1 Å². The Morgan fingerprint density at radius 3 is 2.49 bits per heavy atom. The number of carbonyl (C=O) groups is 2. The van der Waals surface area contributed by atoms with Crippen LogP contribution in [0.3, 0.4) is 0 Å². The zero-order valence-corrected chi connectivity index (χ0v) is 23.7. The Morgan fingerprint density at radius 1 is 1.12 bits per heavy atom. The maximum Gasteiger partial charge on any atom is 0.490 e. The topological polar surface area (TPSA) is 108 Å². The maximum atomic E-state index is 12.0. The Morgan fingerprint density at radius 2 is 1.79 bits per heavy atom. The lowest BCUT2D eigenvalue weighted by Gasteiger charge is -2.16. The minimum atomic E-state index is -5.08. The fraction of sp³-hybridized carbons (Fsp3) is 0.281. The van der Waals surface area contributed by atoms with Crippen LogP contribution in [0.5, 0.6) is 0 Å². The van der Waals surface area contributed by atoms with Gasteiger partial charge >= 0.3 is 18.2 Å². The van der Waals surface area contributed by atoms with Gasteiger partial charge in [-0.1, -0.05) is 61.2 Å². The normalized spacial score (nSPS) is 14.7. The number of hydrogen-bond donors (Lipinski definition) is 3. The SMILES string of the molecule is C=CCOC(=O)N1CCC(CNCc2cccc(-c3cccc(-c4nc5c(C)cccc5[nH]4)c3)c2)C1.O=C(O)C(F)(F)F. The third-order valence-electron chi connectivity index (χ3n) is 6.98. The Bertz CT molecular complexity index is 1580. The van der Waals surface area contributed by atoms with Crippen molar-refractivity contribution in [1.29, 1.82) is 0 Å². The van der Waals surface area contributed by atoms with E-state index in [-0.39, 0.29) is 12.7 Å². The van der Waals surface area contributed by atoms with Crippen LogP contribution in [0, 0.1) is 12.8 Å². The van der Waals surface area contributed by atoms with E-state index in [1.807, 2.05) is 0 Å². The van der Waals surface area contributed by atoms with Crippen LogP contribution in [0.4, 0.5) is 18.0 Å². The van der Waals surface area contributed by atoms with Crippen molar-refractivity contribution in [2.45, 2.75) is 26.1 Å². The standard InChI is InChI=1S/C30H32N4O2.C2HF3O2/c1-3-15-36-30(35)34-14-13-23(20-34)19-31-18-22-8-5-9-24(16-22)25-10-6-11-26(17-25)29-32-27-12-4-7-21(2)28(27)33-29;3-2(4,5)1(6)7/h3-12,16-17,23,31H,1,13-15,18-20H2,2H3,(H,32,33);(H,6,7). The predicted molar refractivity (Wildman–Crippen MR) is 158 cm³/mol. The first-order valence-electron chi connectivity index (χ1n) is 13.7. The number of amides is 1. The van der Waals surface area contributed by atoms with E-state index in [4.69, 9.17) is 19.6 Å². The van der Waals surface area contributed by atoms with E-state index in [1.165, 1.54) is 16.7 Å². The average Bonchev–Trinajstić information content (AvgIpc) is 3.65. The minimum absolute atomic E-state index is 0.245. The Hall–Kier alpha value is -4.64. The van der Waals surface area contributed by atoms with Crippen LogP contribution in [-0.2, 0) is 16.1 Å². The Balaban J connectivity index is 0.000000541. The lowest BCUT2D eigenvalue weighted by molar-refractivity contribution is -0.192. The van der Waals surface area contributed by atoms with Gasteiger partial charge in [0, 0.05) is 31.7 Å². The number of hydrogen-bond acceptors (Lipinski definition) is 5.